The van der Waals surface area contributed by atoms with Gasteiger partial charge in [0.05, 0.1) is 6.61 Å². The van der Waals surface area contributed by atoms with Crippen molar-refractivity contribution in [2.45, 2.75) is 69.2 Å². The molecular formula is C29H38F3N3O3. The van der Waals surface area contributed by atoms with Crippen molar-refractivity contribution >= 4 is 11.8 Å². The summed E-state index contributed by atoms with van der Waals surface area (Å²) in [5.41, 5.74) is 2.07. The van der Waals surface area contributed by atoms with Crippen LogP contribution in [0, 0.1) is 11.7 Å². The SMILES string of the molecule is CC(C)(F)CN1CCC(COc2ccc(C3C=CC=CC3(F)C(=O)N3CCCC[C@H]3C(N)=O)cc2F)CC1. The Kier molecular flexibility index (Phi) is 8.55. The van der Waals surface area contributed by atoms with Crippen LogP contribution in [-0.2, 0) is 9.59 Å². The molecule has 2 saturated heterocycles. The lowest BCUT2D eigenvalue weighted by Crippen LogP contribution is -2.57. The summed E-state index contributed by atoms with van der Waals surface area (Å²) >= 11 is 0. The number of rotatable bonds is 8. The number of ether oxygens (including phenoxy) is 1. The molecule has 2 unspecified atom stereocenters. The zero-order chi connectivity index (χ0) is 27.5. The van der Waals surface area contributed by atoms with Crippen molar-refractivity contribution in [3.05, 3.63) is 53.9 Å². The first-order chi connectivity index (χ1) is 18.0. The molecule has 2 heterocycles. The van der Waals surface area contributed by atoms with E-state index in [2.05, 4.69) is 4.90 Å². The fourth-order valence-electron chi connectivity index (χ4n) is 5.74. The van der Waals surface area contributed by atoms with Gasteiger partial charge in [-0.25, -0.2) is 13.2 Å². The first-order valence-electron chi connectivity index (χ1n) is 13.5. The summed E-state index contributed by atoms with van der Waals surface area (Å²) < 4.78 is 51.2. The second-order valence-corrected chi connectivity index (χ2v) is 11.3. The third-order valence-electron chi connectivity index (χ3n) is 7.72. The molecule has 0 saturated carbocycles. The van der Waals surface area contributed by atoms with Gasteiger partial charge in [0.15, 0.2) is 11.6 Å². The van der Waals surface area contributed by atoms with Crippen molar-refractivity contribution in [2.75, 3.05) is 32.8 Å². The van der Waals surface area contributed by atoms with Gasteiger partial charge < -0.3 is 20.3 Å². The van der Waals surface area contributed by atoms with Crippen LogP contribution in [0.15, 0.2) is 42.5 Å². The van der Waals surface area contributed by atoms with Crippen LogP contribution in [0.2, 0.25) is 0 Å². The van der Waals surface area contributed by atoms with Crippen LogP contribution in [-0.4, -0.2) is 71.8 Å². The van der Waals surface area contributed by atoms with Crippen molar-refractivity contribution in [2.24, 2.45) is 11.7 Å². The Balaban J connectivity index is 1.42. The number of carbonyl (C=O) groups is 2. The van der Waals surface area contributed by atoms with E-state index in [9.17, 15) is 14.0 Å². The van der Waals surface area contributed by atoms with Crippen molar-refractivity contribution < 1.29 is 27.5 Å². The van der Waals surface area contributed by atoms with Crippen LogP contribution < -0.4 is 10.5 Å². The molecular weight excluding hydrogens is 495 g/mol. The number of nitrogens with two attached hydrogens (primary N) is 1. The summed E-state index contributed by atoms with van der Waals surface area (Å²) in [5.74, 6) is -2.89. The number of amides is 2. The highest BCUT2D eigenvalue weighted by atomic mass is 19.1. The van der Waals surface area contributed by atoms with E-state index in [-0.39, 0.29) is 18.2 Å². The fourth-order valence-corrected chi connectivity index (χ4v) is 5.74. The second-order valence-electron chi connectivity index (χ2n) is 11.3. The van der Waals surface area contributed by atoms with Gasteiger partial charge in [-0.3, -0.25) is 9.59 Å². The predicted octanol–water partition coefficient (Wildman–Crippen LogP) is 4.45. The molecule has 2 amide bonds. The predicted molar refractivity (Wildman–Crippen MR) is 140 cm³/mol. The molecule has 9 heteroatoms. The topological polar surface area (TPSA) is 75.9 Å². The number of hydrogen-bond donors (Lipinski definition) is 1. The number of benzene rings is 1. The van der Waals surface area contributed by atoms with Gasteiger partial charge in [0.2, 0.25) is 11.6 Å². The van der Waals surface area contributed by atoms with E-state index in [0.717, 1.165) is 32.4 Å². The highest BCUT2D eigenvalue weighted by Crippen LogP contribution is 2.41. The standard InChI is InChI=1S/C29H38F3N3O3/c1-28(2,31)19-34-15-11-20(12-16-34)18-38-25-10-9-21(17-23(25)30)22-7-3-5-13-29(22,32)27(37)35-14-6-4-8-24(35)26(33)36/h3,5,7,9-10,13,17,20,22,24H,4,6,8,11-12,14-16,18-19H2,1-2H3,(H2,33,36)/t22?,24-,29?/m0/s1. The Morgan fingerprint density at radius 2 is 1.87 bits per heavy atom. The van der Waals surface area contributed by atoms with Crippen LogP contribution in [0.5, 0.6) is 5.75 Å². The zero-order valence-corrected chi connectivity index (χ0v) is 22.2. The molecule has 2 fully saturated rings. The maximum atomic E-state index is 16.4. The first kappa shape index (κ1) is 28.2. The minimum absolute atomic E-state index is 0.0667. The summed E-state index contributed by atoms with van der Waals surface area (Å²) in [5, 5.41) is 0. The van der Waals surface area contributed by atoms with Crippen molar-refractivity contribution in [3.8, 4) is 5.75 Å². The third-order valence-corrected chi connectivity index (χ3v) is 7.72. The number of carbonyl (C=O) groups excluding carboxylic acids is 2. The van der Waals surface area contributed by atoms with Crippen LogP contribution in [0.25, 0.3) is 0 Å². The molecule has 6 nitrogen and oxygen atoms in total. The lowest BCUT2D eigenvalue weighted by atomic mass is 9.79. The van der Waals surface area contributed by atoms with E-state index in [4.69, 9.17) is 10.5 Å². The smallest absolute Gasteiger partial charge is 0.265 e. The first-order valence-corrected chi connectivity index (χ1v) is 13.5. The number of allylic oxidation sites excluding steroid dienone is 3. The van der Waals surface area contributed by atoms with Crippen molar-refractivity contribution in [3.63, 3.8) is 0 Å². The van der Waals surface area contributed by atoms with Gasteiger partial charge in [-0.2, -0.15) is 0 Å². The van der Waals surface area contributed by atoms with E-state index in [1.807, 2.05) is 0 Å². The summed E-state index contributed by atoms with van der Waals surface area (Å²) in [6.07, 6.45) is 9.24. The average molecular weight is 534 g/mol. The van der Waals surface area contributed by atoms with Crippen molar-refractivity contribution in [1.29, 1.82) is 0 Å². The number of likely N-dealkylation sites (tertiary alicyclic amines) is 2. The average Bonchev–Trinajstić information content (AvgIpc) is 2.87. The summed E-state index contributed by atoms with van der Waals surface area (Å²) in [7, 11) is 0. The van der Waals surface area contributed by atoms with E-state index < -0.39 is 40.9 Å². The fraction of sp³-hybridized carbons (Fsp3) is 0.586. The molecule has 0 spiro atoms. The van der Waals surface area contributed by atoms with Crippen LogP contribution >= 0.6 is 0 Å². The Labute approximate surface area is 222 Å². The van der Waals surface area contributed by atoms with Gasteiger partial charge in [-0.05, 0) is 88.7 Å². The molecule has 0 aromatic heterocycles. The largest absolute Gasteiger partial charge is 0.490 e. The molecule has 1 aliphatic carbocycles. The molecule has 2 aliphatic heterocycles. The minimum Gasteiger partial charge on any atom is -0.490 e. The molecule has 208 valence electrons. The number of nitrogens with zero attached hydrogens (tertiary/aromatic N) is 2. The Bertz CT molecular complexity index is 1080. The Morgan fingerprint density at radius 1 is 1.13 bits per heavy atom. The highest BCUT2D eigenvalue weighted by molar-refractivity contribution is 5.94. The van der Waals surface area contributed by atoms with Crippen LogP contribution in [0.4, 0.5) is 13.2 Å². The van der Waals surface area contributed by atoms with Gasteiger partial charge in [0, 0.05) is 19.0 Å². The zero-order valence-electron chi connectivity index (χ0n) is 22.2. The van der Waals surface area contributed by atoms with Gasteiger partial charge in [-0.15, -0.1) is 0 Å². The monoisotopic (exact) mass is 533 g/mol. The van der Waals surface area contributed by atoms with E-state index in [1.165, 1.54) is 35.3 Å². The number of alkyl halides is 2. The summed E-state index contributed by atoms with van der Waals surface area (Å²) in [6, 6.07) is 3.39. The minimum atomic E-state index is -2.48. The Morgan fingerprint density at radius 3 is 2.53 bits per heavy atom. The molecule has 2 N–H and O–H groups in total. The normalized spacial score (nSPS) is 26.9. The van der Waals surface area contributed by atoms with E-state index >= 15 is 8.78 Å². The molecule has 1 aromatic rings. The molecule has 1 aromatic carbocycles. The molecule has 3 aliphatic rings. The molecule has 3 atom stereocenters. The van der Waals surface area contributed by atoms with E-state index in [0.29, 0.717) is 31.6 Å². The highest BCUT2D eigenvalue weighted by Gasteiger charge is 2.49. The summed E-state index contributed by atoms with van der Waals surface area (Å²) in [4.78, 5) is 28.7. The molecule has 0 bridgehead atoms. The second kappa shape index (κ2) is 11.5. The number of primary amides is 1. The maximum absolute atomic E-state index is 16.4. The van der Waals surface area contributed by atoms with Gasteiger partial charge in [0.25, 0.3) is 5.91 Å². The maximum Gasteiger partial charge on any atom is 0.265 e. The molecule has 4 rings (SSSR count). The van der Waals surface area contributed by atoms with Crippen LogP contribution in [0.3, 0.4) is 0 Å². The number of halogens is 3. The Hall–Kier alpha value is -2.81. The molecule has 38 heavy (non-hydrogen) atoms. The van der Waals surface area contributed by atoms with Gasteiger partial charge >= 0.3 is 0 Å². The summed E-state index contributed by atoms with van der Waals surface area (Å²) in [6.45, 7) is 5.65. The quantitative estimate of drug-likeness (QED) is 0.536. The van der Waals surface area contributed by atoms with E-state index in [1.54, 1.807) is 26.0 Å². The van der Waals surface area contributed by atoms with Crippen molar-refractivity contribution in [1.82, 2.24) is 9.80 Å². The third kappa shape index (κ3) is 6.42. The lowest BCUT2D eigenvalue weighted by Gasteiger charge is -2.40. The molecule has 0 radical (unpaired) electrons. The van der Waals surface area contributed by atoms with Crippen LogP contribution in [0.1, 0.15) is 57.4 Å². The van der Waals surface area contributed by atoms with Gasteiger partial charge in [0.1, 0.15) is 11.7 Å². The number of piperidine rings is 2. The number of hydrogen-bond acceptors (Lipinski definition) is 4. The lowest BCUT2D eigenvalue weighted by molar-refractivity contribution is -0.149. The van der Waals surface area contributed by atoms with Gasteiger partial charge in [-0.1, -0.05) is 24.3 Å².